The smallest absolute Gasteiger partial charge is 0.253 e. The standard InChI is InChI=1S/C18H27N5O3/c1-22(2)9-10-23-12-13(11-16(23)24)17(25)21-15-6-4-3-5-14(15)18(26)20-8-7-19/h3-6,13H,7-12,19H2,1-2H3,(H,20,26)(H,21,25). The summed E-state index contributed by atoms with van der Waals surface area (Å²) in [6, 6.07) is 6.80. The van der Waals surface area contributed by atoms with Gasteiger partial charge in [-0.3, -0.25) is 14.4 Å². The average Bonchev–Trinajstić information content (AvgIpc) is 2.99. The van der Waals surface area contributed by atoms with Gasteiger partial charge in [0.15, 0.2) is 0 Å². The molecule has 3 amide bonds. The quantitative estimate of drug-likeness (QED) is 0.590. The molecule has 0 spiro atoms. The van der Waals surface area contributed by atoms with Crippen molar-refractivity contribution < 1.29 is 14.4 Å². The Bertz CT molecular complexity index is 662. The third-order valence-electron chi connectivity index (χ3n) is 4.26. The average molecular weight is 361 g/mol. The largest absolute Gasteiger partial charge is 0.351 e. The molecule has 4 N–H and O–H groups in total. The minimum Gasteiger partial charge on any atom is -0.351 e. The van der Waals surface area contributed by atoms with E-state index >= 15 is 0 Å². The van der Waals surface area contributed by atoms with Crippen LogP contribution in [0, 0.1) is 5.92 Å². The summed E-state index contributed by atoms with van der Waals surface area (Å²) in [4.78, 5) is 40.6. The summed E-state index contributed by atoms with van der Waals surface area (Å²) in [6.45, 7) is 2.46. The Morgan fingerprint density at radius 1 is 1.31 bits per heavy atom. The van der Waals surface area contributed by atoms with Gasteiger partial charge in [0, 0.05) is 39.1 Å². The number of carbonyl (C=O) groups excluding carboxylic acids is 3. The predicted octanol–water partition coefficient (Wildman–Crippen LogP) is -0.276. The Morgan fingerprint density at radius 3 is 2.73 bits per heavy atom. The molecule has 0 saturated carbocycles. The van der Waals surface area contributed by atoms with Gasteiger partial charge in [-0.05, 0) is 26.2 Å². The summed E-state index contributed by atoms with van der Waals surface area (Å²) in [6.07, 6.45) is 0.195. The Morgan fingerprint density at radius 2 is 2.04 bits per heavy atom. The van der Waals surface area contributed by atoms with E-state index in [9.17, 15) is 14.4 Å². The number of anilines is 1. The maximum absolute atomic E-state index is 12.6. The topological polar surface area (TPSA) is 108 Å². The van der Waals surface area contributed by atoms with E-state index in [2.05, 4.69) is 10.6 Å². The zero-order valence-corrected chi connectivity index (χ0v) is 15.3. The molecule has 1 heterocycles. The number of nitrogens with zero attached hydrogens (tertiary/aromatic N) is 2. The van der Waals surface area contributed by atoms with E-state index in [1.807, 2.05) is 19.0 Å². The van der Waals surface area contributed by atoms with Gasteiger partial charge < -0.3 is 26.2 Å². The first-order valence-electron chi connectivity index (χ1n) is 8.73. The van der Waals surface area contributed by atoms with Crippen LogP contribution in [0.2, 0.25) is 0 Å². The molecule has 1 aliphatic rings. The first-order chi connectivity index (χ1) is 12.4. The summed E-state index contributed by atoms with van der Waals surface area (Å²) in [5.74, 6) is -0.961. The van der Waals surface area contributed by atoms with Gasteiger partial charge in [-0.2, -0.15) is 0 Å². The van der Waals surface area contributed by atoms with E-state index in [1.54, 1.807) is 29.2 Å². The highest BCUT2D eigenvalue weighted by Crippen LogP contribution is 2.21. The lowest BCUT2D eigenvalue weighted by atomic mass is 10.1. The fraction of sp³-hybridized carbons (Fsp3) is 0.500. The van der Waals surface area contributed by atoms with Crippen LogP contribution in [0.3, 0.4) is 0 Å². The molecule has 1 unspecified atom stereocenters. The van der Waals surface area contributed by atoms with Gasteiger partial charge in [0.1, 0.15) is 0 Å². The van der Waals surface area contributed by atoms with Gasteiger partial charge in [-0.1, -0.05) is 12.1 Å². The molecule has 26 heavy (non-hydrogen) atoms. The van der Waals surface area contributed by atoms with E-state index in [0.29, 0.717) is 37.4 Å². The molecule has 1 aromatic rings. The number of hydrogen-bond acceptors (Lipinski definition) is 5. The van der Waals surface area contributed by atoms with Crippen LogP contribution < -0.4 is 16.4 Å². The fourth-order valence-corrected chi connectivity index (χ4v) is 2.79. The number of nitrogens with two attached hydrogens (primary N) is 1. The number of benzene rings is 1. The molecule has 8 nitrogen and oxygen atoms in total. The number of amides is 3. The molecule has 0 radical (unpaired) electrons. The van der Waals surface area contributed by atoms with Crippen LogP contribution >= 0.6 is 0 Å². The summed E-state index contributed by atoms with van der Waals surface area (Å²) >= 11 is 0. The monoisotopic (exact) mass is 361 g/mol. The van der Waals surface area contributed by atoms with Crippen molar-refractivity contribution in [3.05, 3.63) is 29.8 Å². The first kappa shape index (κ1) is 19.9. The third kappa shape index (κ3) is 5.27. The van der Waals surface area contributed by atoms with Gasteiger partial charge >= 0.3 is 0 Å². The number of carbonyl (C=O) groups is 3. The van der Waals surface area contributed by atoms with Crippen LogP contribution in [0.15, 0.2) is 24.3 Å². The van der Waals surface area contributed by atoms with Crippen LogP contribution in [-0.2, 0) is 9.59 Å². The van der Waals surface area contributed by atoms with Gasteiger partial charge in [-0.15, -0.1) is 0 Å². The highest BCUT2D eigenvalue weighted by atomic mass is 16.2. The van der Waals surface area contributed by atoms with E-state index in [4.69, 9.17) is 5.73 Å². The van der Waals surface area contributed by atoms with Crippen molar-refractivity contribution in [1.29, 1.82) is 0 Å². The number of likely N-dealkylation sites (N-methyl/N-ethyl adjacent to an activating group) is 1. The van der Waals surface area contributed by atoms with Crippen molar-refractivity contribution in [2.45, 2.75) is 6.42 Å². The molecular formula is C18H27N5O3. The van der Waals surface area contributed by atoms with Gasteiger partial charge in [0.25, 0.3) is 5.91 Å². The van der Waals surface area contributed by atoms with Crippen molar-refractivity contribution in [1.82, 2.24) is 15.1 Å². The van der Waals surface area contributed by atoms with Crippen molar-refractivity contribution in [3.8, 4) is 0 Å². The summed E-state index contributed by atoms with van der Waals surface area (Å²) in [5, 5.41) is 5.49. The minimum absolute atomic E-state index is 0.0130. The van der Waals surface area contributed by atoms with Crippen LogP contribution in [-0.4, -0.2) is 74.3 Å². The molecule has 8 heteroatoms. The van der Waals surface area contributed by atoms with E-state index in [1.165, 1.54) is 0 Å². The maximum atomic E-state index is 12.6. The first-order valence-corrected chi connectivity index (χ1v) is 8.73. The molecule has 1 atom stereocenters. The van der Waals surface area contributed by atoms with E-state index in [0.717, 1.165) is 6.54 Å². The van der Waals surface area contributed by atoms with Crippen molar-refractivity contribution in [3.63, 3.8) is 0 Å². The lowest BCUT2D eigenvalue weighted by Gasteiger charge is -2.19. The normalized spacial score (nSPS) is 16.8. The van der Waals surface area contributed by atoms with Gasteiger partial charge in [0.05, 0.1) is 17.2 Å². The molecule has 0 aromatic heterocycles. The summed E-state index contributed by atoms with van der Waals surface area (Å²) in [7, 11) is 3.88. The fourth-order valence-electron chi connectivity index (χ4n) is 2.79. The number of hydrogen-bond donors (Lipinski definition) is 3. The molecule has 0 aliphatic carbocycles. The van der Waals surface area contributed by atoms with Crippen LogP contribution in [0.1, 0.15) is 16.8 Å². The molecule has 2 rings (SSSR count). The van der Waals surface area contributed by atoms with Crippen molar-refractivity contribution in [2.75, 3.05) is 52.1 Å². The Hall–Kier alpha value is -2.45. The molecule has 0 bridgehead atoms. The van der Waals surface area contributed by atoms with Gasteiger partial charge in [-0.25, -0.2) is 0 Å². The Kier molecular flexibility index (Phi) is 7.11. The molecule has 1 saturated heterocycles. The Balaban J connectivity index is 2.00. The molecular weight excluding hydrogens is 334 g/mol. The zero-order valence-electron chi connectivity index (χ0n) is 15.3. The number of para-hydroxylation sites is 1. The van der Waals surface area contributed by atoms with E-state index in [-0.39, 0.29) is 24.1 Å². The summed E-state index contributed by atoms with van der Waals surface area (Å²) in [5.41, 5.74) is 6.22. The highest BCUT2D eigenvalue weighted by Gasteiger charge is 2.34. The second kappa shape index (κ2) is 9.30. The minimum atomic E-state index is -0.412. The number of rotatable bonds is 8. The second-order valence-electron chi connectivity index (χ2n) is 6.62. The lowest BCUT2D eigenvalue weighted by Crippen LogP contribution is -2.34. The molecule has 1 fully saturated rings. The number of likely N-dealkylation sites (tertiary alicyclic amines) is 1. The van der Waals surface area contributed by atoms with Crippen LogP contribution in [0.25, 0.3) is 0 Å². The Labute approximate surface area is 153 Å². The second-order valence-corrected chi connectivity index (χ2v) is 6.62. The highest BCUT2D eigenvalue weighted by molar-refractivity contribution is 6.05. The molecule has 1 aromatic carbocycles. The summed E-state index contributed by atoms with van der Waals surface area (Å²) < 4.78 is 0. The molecule has 1 aliphatic heterocycles. The van der Waals surface area contributed by atoms with Crippen molar-refractivity contribution >= 4 is 23.4 Å². The van der Waals surface area contributed by atoms with E-state index < -0.39 is 5.92 Å². The molecule has 142 valence electrons. The number of nitrogens with one attached hydrogen (secondary N) is 2. The zero-order chi connectivity index (χ0) is 19.1. The van der Waals surface area contributed by atoms with Crippen molar-refractivity contribution in [2.24, 2.45) is 11.7 Å². The maximum Gasteiger partial charge on any atom is 0.253 e. The predicted molar refractivity (Wildman–Crippen MR) is 99.7 cm³/mol. The lowest BCUT2D eigenvalue weighted by molar-refractivity contribution is -0.128. The van der Waals surface area contributed by atoms with Gasteiger partial charge in [0.2, 0.25) is 11.8 Å². The SMILES string of the molecule is CN(C)CCN1CC(C(=O)Nc2ccccc2C(=O)NCCN)CC1=O. The third-order valence-corrected chi connectivity index (χ3v) is 4.26. The van der Waals surface area contributed by atoms with Crippen LogP contribution in [0.5, 0.6) is 0 Å². The van der Waals surface area contributed by atoms with Crippen LogP contribution in [0.4, 0.5) is 5.69 Å².